The summed E-state index contributed by atoms with van der Waals surface area (Å²) in [7, 11) is 0. The summed E-state index contributed by atoms with van der Waals surface area (Å²) in [6, 6.07) is 12.3. The summed E-state index contributed by atoms with van der Waals surface area (Å²) < 4.78 is 2.68. The van der Waals surface area contributed by atoms with Gasteiger partial charge in [0.1, 0.15) is 6.04 Å². The third kappa shape index (κ3) is 4.80. The Balaban J connectivity index is 1.59. The van der Waals surface area contributed by atoms with Gasteiger partial charge in [0, 0.05) is 18.1 Å². The monoisotopic (exact) mass is 432 g/mol. The average Bonchev–Trinajstić information content (AvgIpc) is 3.26. The summed E-state index contributed by atoms with van der Waals surface area (Å²) in [6.45, 7) is 2.28. The van der Waals surface area contributed by atoms with Crippen molar-refractivity contribution in [2.75, 3.05) is 5.32 Å². The van der Waals surface area contributed by atoms with E-state index in [1.54, 1.807) is 25.3 Å². The molecule has 0 radical (unpaired) electrons. The highest BCUT2D eigenvalue weighted by molar-refractivity contribution is 9.11. The van der Waals surface area contributed by atoms with E-state index in [0.717, 1.165) is 9.35 Å². The van der Waals surface area contributed by atoms with Crippen molar-refractivity contribution in [1.29, 1.82) is 0 Å². The molecule has 0 aliphatic heterocycles. The Bertz CT molecular complexity index is 908. The lowest BCUT2D eigenvalue weighted by molar-refractivity contribution is -0.117. The minimum Gasteiger partial charge on any atom is -0.340 e. The first-order valence-electron chi connectivity index (χ1n) is 7.95. The van der Waals surface area contributed by atoms with Crippen LogP contribution in [0.5, 0.6) is 0 Å². The second kappa shape index (κ2) is 8.29. The molecule has 2 amide bonds. The summed E-state index contributed by atoms with van der Waals surface area (Å²) >= 11 is 4.64. The highest BCUT2D eigenvalue weighted by Gasteiger charge is 2.18. The Labute approximate surface area is 163 Å². The Morgan fingerprint density at radius 2 is 2.12 bits per heavy atom. The van der Waals surface area contributed by atoms with Crippen LogP contribution >= 0.6 is 27.3 Å². The molecule has 3 rings (SSSR count). The molecule has 2 heterocycles. The van der Waals surface area contributed by atoms with Crippen molar-refractivity contribution in [1.82, 2.24) is 15.1 Å². The highest BCUT2D eigenvalue weighted by Crippen LogP contribution is 2.22. The van der Waals surface area contributed by atoms with Gasteiger partial charge >= 0.3 is 0 Å². The van der Waals surface area contributed by atoms with E-state index in [2.05, 4.69) is 31.7 Å². The molecule has 0 aliphatic carbocycles. The summed E-state index contributed by atoms with van der Waals surface area (Å²) in [5.41, 5.74) is 1.70. The number of benzene rings is 1. The Hall–Kier alpha value is -2.45. The molecule has 2 N–H and O–H groups in total. The smallest absolute Gasteiger partial charge is 0.262 e. The number of nitrogens with zero attached hydrogens (tertiary/aromatic N) is 2. The number of amides is 2. The minimum atomic E-state index is -0.654. The van der Waals surface area contributed by atoms with E-state index in [1.165, 1.54) is 11.3 Å². The Morgan fingerprint density at radius 3 is 2.81 bits per heavy atom. The van der Waals surface area contributed by atoms with Gasteiger partial charge in [-0.25, -0.2) is 0 Å². The van der Waals surface area contributed by atoms with Crippen LogP contribution in [0.1, 0.15) is 22.2 Å². The Kier molecular flexibility index (Phi) is 5.85. The van der Waals surface area contributed by atoms with Gasteiger partial charge in [-0.15, -0.1) is 11.3 Å². The van der Waals surface area contributed by atoms with Gasteiger partial charge in [0.25, 0.3) is 5.91 Å². The van der Waals surface area contributed by atoms with Crippen LogP contribution in [0.25, 0.3) is 0 Å². The van der Waals surface area contributed by atoms with Crippen LogP contribution in [-0.2, 0) is 11.3 Å². The normalized spacial score (nSPS) is 11.8. The van der Waals surface area contributed by atoms with Crippen molar-refractivity contribution < 1.29 is 9.59 Å². The summed E-state index contributed by atoms with van der Waals surface area (Å²) in [5.74, 6) is -0.541. The Morgan fingerprint density at radius 1 is 1.27 bits per heavy atom. The first-order valence-corrected chi connectivity index (χ1v) is 9.55. The van der Waals surface area contributed by atoms with Crippen molar-refractivity contribution in [3.63, 3.8) is 0 Å². The van der Waals surface area contributed by atoms with Crippen LogP contribution in [0.3, 0.4) is 0 Å². The zero-order chi connectivity index (χ0) is 18.5. The van der Waals surface area contributed by atoms with Crippen LogP contribution in [0.4, 0.5) is 5.69 Å². The molecule has 26 heavy (non-hydrogen) atoms. The molecule has 6 nitrogen and oxygen atoms in total. The molecule has 1 unspecified atom stereocenters. The van der Waals surface area contributed by atoms with Gasteiger partial charge in [0.05, 0.1) is 15.2 Å². The van der Waals surface area contributed by atoms with Gasteiger partial charge in [-0.3, -0.25) is 14.3 Å². The van der Waals surface area contributed by atoms with E-state index in [9.17, 15) is 9.59 Å². The highest BCUT2D eigenvalue weighted by atomic mass is 79.9. The molecule has 134 valence electrons. The number of carbonyl (C=O) groups is 2. The number of hydrogen-bond acceptors (Lipinski definition) is 4. The van der Waals surface area contributed by atoms with Crippen molar-refractivity contribution in [3.05, 3.63) is 69.1 Å². The number of carbonyl (C=O) groups excluding carboxylic acids is 2. The minimum absolute atomic E-state index is 0.268. The van der Waals surface area contributed by atoms with Crippen LogP contribution in [0.15, 0.2) is 58.6 Å². The van der Waals surface area contributed by atoms with E-state index in [0.29, 0.717) is 17.1 Å². The van der Waals surface area contributed by atoms with Crippen LogP contribution in [-0.4, -0.2) is 27.6 Å². The fourth-order valence-electron chi connectivity index (χ4n) is 2.35. The van der Waals surface area contributed by atoms with Crippen LogP contribution in [0.2, 0.25) is 0 Å². The SMILES string of the molecule is CC(NC(=O)c1ccc(Br)s1)C(=O)Nc1cccc(Cn2cccn2)c1. The van der Waals surface area contributed by atoms with E-state index in [1.807, 2.05) is 41.2 Å². The number of thiophene rings is 1. The maximum atomic E-state index is 12.4. The molecule has 0 fully saturated rings. The van der Waals surface area contributed by atoms with Gasteiger partial charge in [-0.05, 0) is 58.7 Å². The maximum absolute atomic E-state index is 12.4. The van der Waals surface area contributed by atoms with Crippen molar-refractivity contribution in [2.45, 2.75) is 19.5 Å². The lowest BCUT2D eigenvalue weighted by Gasteiger charge is -2.14. The molecule has 0 bridgehead atoms. The number of hydrogen-bond donors (Lipinski definition) is 2. The van der Waals surface area contributed by atoms with Gasteiger partial charge < -0.3 is 10.6 Å². The summed E-state index contributed by atoms with van der Waals surface area (Å²) in [6.07, 6.45) is 3.61. The van der Waals surface area contributed by atoms with E-state index in [-0.39, 0.29) is 11.8 Å². The fraction of sp³-hybridized carbons (Fsp3) is 0.167. The molecule has 2 aromatic heterocycles. The molecule has 1 atom stereocenters. The predicted octanol–water partition coefficient (Wildman–Crippen LogP) is 3.51. The molecule has 0 saturated carbocycles. The molecule has 0 saturated heterocycles. The zero-order valence-corrected chi connectivity index (χ0v) is 16.4. The quantitative estimate of drug-likeness (QED) is 0.625. The standard InChI is InChI=1S/C18H17BrN4O2S/c1-12(21-18(25)15-6-7-16(19)26-15)17(24)22-14-5-2-4-13(10-14)11-23-9-3-8-20-23/h2-10,12H,11H2,1H3,(H,21,25)(H,22,24). The third-order valence-corrected chi connectivity index (χ3v) is 5.26. The zero-order valence-electron chi connectivity index (χ0n) is 14.0. The van der Waals surface area contributed by atoms with E-state index < -0.39 is 6.04 Å². The second-order valence-electron chi connectivity index (χ2n) is 5.69. The van der Waals surface area contributed by atoms with Gasteiger partial charge in [-0.1, -0.05) is 12.1 Å². The lowest BCUT2D eigenvalue weighted by atomic mass is 10.2. The molecule has 8 heteroatoms. The number of rotatable bonds is 6. The average molecular weight is 433 g/mol. The molecule has 1 aromatic carbocycles. The van der Waals surface area contributed by atoms with Gasteiger partial charge in [0.2, 0.25) is 5.91 Å². The van der Waals surface area contributed by atoms with Crippen molar-refractivity contribution >= 4 is 44.8 Å². The number of anilines is 1. The third-order valence-electron chi connectivity index (χ3n) is 3.64. The second-order valence-corrected chi connectivity index (χ2v) is 8.16. The van der Waals surface area contributed by atoms with Crippen LogP contribution < -0.4 is 10.6 Å². The lowest BCUT2D eigenvalue weighted by Crippen LogP contribution is -2.41. The molecule has 3 aromatic rings. The molecule has 0 aliphatic rings. The fourth-order valence-corrected chi connectivity index (χ4v) is 3.64. The summed E-state index contributed by atoms with van der Waals surface area (Å²) in [5, 5.41) is 9.71. The van der Waals surface area contributed by atoms with Crippen LogP contribution in [0, 0.1) is 0 Å². The van der Waals surface area contributed by atoms with Crippen molar-refractivity contribution in [2.24, 2.45) is 0 Å². The van der Waals surface area contributed by atoms with Crippen molar-refractivity contribution in [3.8, 4) is 0 Å². The molecular formula is C18H17BrN4O2S. The van der Waals surface area contributed by atoms with Gasteiger partial charge in [-0.2, -0.15) is 5.10 Å². The van der Waals surface area contributed by atoms with Gasteiger partial charge in [0.15, 0.2) is 0 Å². The number of halogens is 1. The molecule has 0 spiro atoms. The first kappa shape index (κ1) is 18.3. The number of aromatic nitrogens is 2. The summed E-state index contributed by atoms with van der Waals surface area (Å²) in [4.78, 5) is 25.1. The first-order chi connectivity index (χ1) is 12.5. The molecular weight excluding hydrogens is 416 g/mol. The maximum Gasteiger partial charge on any atom is 0.262 e. The van der Waals surface area contributed by atoms with E-state index >= 15 is 0 Å². The predicted molar refractivity (Wildman–Crippen MR) is 105 cm³/mol. The van der Waals surface area contributed by atoms with E-state index in [4.69, 9.17) is 0 Å². The topological polar surface area (TPSA) is 76.0 Å². The number of nitrogens with one attached hydrogen (secondary N) is 2. The largest absolute Gasteiger partial charge is 0.340 e.